The monoisotopic (exact) mass is 154 g/mol. The van der Waals surface area contributed by atoms with E-state index in [9.17, 15) is 14.0 Å². The van der Waals surface area contributed by atoms with Gasteiger partial charge in [0.25, 0.3) is 0 Å². The zero-order valence-electron chi connectivity index (χ0n) is 5.84. The first-order valence-electron chi connectivity index (χ1n) is 3.24. The minimum absolute atomic E-state index is 0.0552. The summed E-state index contributed by atoms with van der Waals surface area (Å²) in [6.07, 6.45) is 4.30. The zero-order chi connectivity index (χ0) is 8.27. The third-order valence-electron chi connectivity index (χ3n) is 1.42. The van der Waals surface area contributed by atoms with Crippen molar-refractivity contribution in [2.24, 2.45) is 0 Å². The maximum Gasteiger partial charge on any atom is 0.193 e. The third-order valence-corrected chi connectivity index (χ3v) is 1.42. The Hall–Kier alpha value is -1.25. The fraction of sp³-hybridized carbons (Fsp3) is 0.250. The Labute approximate surface area is 63.4 Å². The molecule has 0 bridgehead atoms. The van der Waals surface area contributed by atoms with Gasteiger partial charge in [-0.1, -0.05) is 6.08 Å². The molecule has 0 saturated carbocycles. The van der Waals surface area contributed by atoms with Crippen molar-refractivity contribution in [1.82, 2.24) is 0 Å². The minimum Gasteiger partial charge on any atom is -0.295 e. The van der Waals surface area contributed by atoms with Gasteiger partial charge in [-0.3, -0.25) is 9.59 Å². The van der Waals surface area contributed by atoms with Crippen LogP contribution in [-0.4, -0.2) is 18.2 Å². The van der Waals surface area contributed by atoms with Crippen LogP contribution in [0.15, 0.2) is 23.8 Å². The van der Waals surface area contributed by atoms with Gasteiger partial charge in [0.15, 0.2) is 18.2 Å². The maximum atomic E-state index is 11.8. The molecule has 0 aromatic rings. The van der Waals surface area contributed by atoms with E-state index < -0.39 is 12.5 Å². The summed E-state index contributed by atoms with van der Waals surface area (Å²) in [5.41, 5.74) is 0.298. The van der Waals surface area contributed by atoms with Gasteiger partial charge in [0.2, 0.25) is 0 Å². The van der Waals surface area contributed by atoms with E-state index in [1.807, 2.05) is 0 Å². The van der Waals surface area contributed by atoms with Crippen LogP contribution in [0.4, 0.5) is 4.39 Å². The van der Waals surface area contributed by atoms with Gasteiger partial charge in [-0.15, -0.1) is 0 Å². The second kappa shape index (κ2) is 3.23. The molecule has 0 spiro atoms. The van der Waals surface area contributed by atoms with Gasteiger partial charge in [-0.25, -0.2) is 4.39 Å². The predicted molar refractivity (Wildman–Crippen MR) is 37.8 cm³/mol. The van der Waals surface area contributed by atoms with Crippen molar-refractivity contribution in [2.75, 3.05) is 6.67 Å². The molecule has 3 heteroatoms. The number of Topliss-reactive ketones (excluding diaryl/α,β-unsaturated/α-hetero) is 1. The molecule has 2 nitrogen and oxygen atoms in total. The Morgan fingerprint density at radius 1 is 1.55 bits per heavy atom. The van der Waals surface area contributed by atoms with Gasteiger partial charge in [0.05, 0.1) is 0 Å². The van der Waals surface area contributed by atoms with Gasteiger partial charge < -0.3 is 0 Å². The summed E-state index contributed by atoms with van der Waals surface area (Å²) in [5.74, 6) is -0.617. The fourth-order valence-corrected chi connectivity index (χ4v) is 0.813. The lowest BCUT2D eigenvalue weighted by Gasteiger charge is -2.01. The quantitative estimate of drug-likeness (QED) is 0.594. The molecule has 0 amide bonds. The highest BCUT2D eigenvalue weighted by Gasteiger charge is 2.09. The van der Waals surface area contributed by atoms with Gasteiger partial charge >= 0.3 is 0 Å². The first-order valence-corrected chi connectivity index (χ1v) is 3.24. The minimum atomic E-state index is -0.996. The molecule has 1 aliphatic rings. The second-order valence-corrected chi connectivity index (χ2v) is 2.22. The summed E-state index contributed by atoms with van der Waals surface area (Å²) in [4.78, 5) is 21.3. The molecule has 0 aromatic heterocycles. The molecule has 0 atom stereocenters. The molecular weight excluding hydrogens is 147 g/mol. The van der Waals surface area contributed by atoms with Crippen molar-refractivity contribution in [3.05, 3.63) is 23.8 Å². The van der Waals surface area contributed by atoms with Crippen molar-refractivity contribution < 1.29 is 14.0 Å². The number of rotatable bonds is 2. The number of halogens is 1. The van der Waals surface area contributed by atoms with Crippen molar-refractivity contribution in [3.8, 4) is 0 Å². The summed E-state index contributed by atoms with van der Waals surface area (Å²) in [7, 11) is 0. The molecule has 1 rings (SSSR count). The highest BCUT2D eigenvalue weighted by molar-refractivity contribution is 6.03. The summed E-state index contributed by atoms with van der Waals surface area (Å²) in [6, 6.07) is 0. The van der Waals surface area contributed by atoms with Crippen molar-refractivity contribution in [1.29, 1.82) is 0 Å². The van der Waals surface area contributed by atoms with Gasteiger partial charge in [0.1, 0.15) is 0 Å². The molecule has 58 valence electrons. The van der Waals surface area contributed by atoms with Gasteiger partial charge in [-0.05, 0) is 12.2 Å². The van der Waals surface area contributed by atoms with Crippen LogP contribution in [0.2, 0.25) is 0 Å². The summed E-state index contributed by atoms with van der Waals surface area (Å²) >= 11 is 0. The summed E-state index contributed by atoms with van der Waals surface area (Å²) in [5, 5.41) is 0. The standard InChI is InChI=1S/C8H7FO2/c9-5-8(11)6-1-3-7(10)4-2-6/h1-3H,4-5H2. The van der Waals surface area contributed by atoms with Crippen LogP contribution in [0.25, 0.3) is 0 Å². The topological polar surface area (TPSA) is 34.1 Å². The van der Waals surface area contributed by atoms with E-state index in [1.54, 1.807) is 0 Å². The van der Waals surface area contributed by atoms with Crippen LogP contribution < -0.4 is 0 Å². The number of hydrogen-bond acceptors (Lipinski definition) is 2. The van der Waals surface area contributed by atoms with E-state index in [1.165, 1.54) is 18.2 Å². The lowest BCUT2D eigenvalue weighted by Crippen LogP contribution is -2.07. The number of allylic oxidation sites excluding steroid dienone is 4. The highest BCUT2D eigenvalue weighted by Crippen LogP contribution is 2.08. The van der Waals surface area contributed by atoms with Crippen LogP contribution in [0, 0.1) is 0 Å². The Kier molecular flexibility index (Phi) is 2.31. The van der Waals surface area contributed by atoms with E-state index >= 15 is 0 Å². The first kappa shape index (κ1) is 7.85. The van der Waals surface area contributed by atoms with Crippen LogP contribution in [0.3, 0.4) is 0 Å². The number of carbonyl (C=O) groups excluding carboxylic acids is 2. The molecule has 0 aliphatic heterocycles. The molecule has 11 heavy (non-hydrogen) atoms. The molecule has 0 unspecified atom stereocenters. The second-order valence-electron chi connectivity index (χ2n) is 2.22. The summed E-state index contributed by atoms with van der Waals surface area (Å²) in [6.45, 7) is -0.996. The molecule has 0 radical (unpaired) electrons. The Morgan fingerprint density at radius 2 is 2.27 bits per heavy atom. The average molecular weight is 154 g/mol. The average Bonchev–Trinajstić information content (AvgIpc) is 2.05. The van der Waals surface area contributed by atoms with Crippen LogP contribution >= 0.6 is 0 Å². The van der Waals surface area contributed by atoms with Gasteiger partial charge in [0, 0.05) is 12.0 Å². The molecular formula is C8H7FO2. The Morgan fingerprint density at radius 3 is 2.73 bits per heavy atom. The lowest BCUT2D eigenvalue weighted by atomic mass is 10.0. The molecule has 1 aliphatic carbocycles. The fourth-order valence-electron chi connectivity index (χ4n) is 0.813. The van der Waals surface area contributed by atoms with E-state index in [2.05, 4.69) is 0 Å². The summed E-state index contributed by atoms with van der Waals surface area (Å²) < 4.78 is 11.8. The van der Waals surface area contributed by atoms with Crippen molar-refractivity contribution >= 4 is 11.6 Å². The smallest absolute Gasteiger partial charge is 0.193 e. The SMILES string of the molecule is O=C1C=CC(C(=O)CF)=CC1. The number of hydrogen-bond donors (Lipinski definition) is 0. The highest BCUT2D eigenvalue weighted by atomic mass is 19.1. The molecule has 0 heterocycles. The van der Waals surface area contributed by atoms with Crippen LogP contribution in [-0.2, 0) is 9.59 Å². The van der Waals surface area contributed by atoms with Crippen LogP contribution in [0.1, 0.15) is 6.42 Å². The molecule has 0 fully saturated rings. The van der Waals surface area contributed by atoms with E-state index in [0.717, 1.165) is 0 Å². The molecule has 0 N–H and O–H groups in total. The van der Waals surface area contributed by atoms with Crippen molar-refractivity contribution in [2.45, 2.75) is 6.42 Å². The predicted octanol–water partition coefficient (Wildman–Crippen LogP) is 0.980. The number of alkyl halides is 1. The molecule has 0 saturated heterocycles. The maximum absolute atomic E-state index is 11.8. The molecule has 0 aromatic carbocycles. The van der Waals surface area contributed by atoms with Gasteiger partial charge in [-0.2, -0.15) is 0 Å². The van der Waals surface area contributed by atoms with E-state index in [-0.39, 0.29) is 12.2 Å². The lowest BCUT2D eigenvalue weighted by molar-refractivity contribution is -0.116. The van der Waals surface area contributed by atoms with E-state index in [0.29, 0.717) is 5.57 Å². The van der Waals surface area contributed by atoms with Crippen LogP contribution in [0.5, 0.6) is 0 Å². The first-order chi connectivity index (χ1) is 5.24. The van der Waals surface area contributed by atoms with Crippen molar-refractivity contribution in [3.63, 3.8) is 0 Å². The van der Waals surface area contributed by atoms with E-state index in [4.69, 9.17) is 0 Å². The largest absolute Gasteiger partial charge is 0.295 e. The number of carbonyl (C=O) groups is 2. The Balaban J connectivity index is 2.70. The zero-order valence-corrected chi connectivity index (χ0v) is 5.84. The Bertz CT molecular complexity index is 251. The third kappa shape index (κ3) is 1.83. The normalized spacial score (nSPS) is 16.5. The number of ketones is 2.